The molecule has 0 radical (unpaired) electrons. The molecule has 0 aliphatic carbocycles. The molecule has 2 aromatic carbocycles. The van der Waals surface area contributed by atoms with Gasteiger partial charge in [0, 0.05) is 16.5 Å². The number of hydrogen-bond acceptors (Lipinski definition) is 4. The molecule has 0 saturated heterocycles. The molecule has 1 atom stereocenters. The van der Waals surface area contributed by atoms with Crippen molar-refractivity contribution in [2.24, 2.45) is 0 Å². The molecule has 0 unspecified atom stereocenters. The van der Waals surface area contributed by atoms with Gasteiger partial charge in [0.2, 0.25) is 0 Å². The lowest BCUT2D eigenvalue weighted by Gasteiger charge is -2.15. The van der Waals surface area contributed by atoms with Crippen LogP contribution in [-0.2, 0) is 0 Å². The number of nitrogens with zero attached hydrogens (tertiary/aromatic N) is 4. The number of benzene rings is 2. The Labute approximate surface area is 161 Å². The largest absolute Gasteiger partial charge is 0.464 e. The van der Waals surface area contributed by atoms with Crippen molar-refractivity contribution < 1.29 is 4.42 Å². The van der Waals surface area contributed by atoms with Crippen LogP contribution in [-0.4, -0.2) is 24.7 Å². The molecule has 0 aliphatic heterocycles. The van der Waals surface area contributed by atoms with Crippen LogP contribution >= 0.6 is 0 Å². The van der Waals surface area contributed by atoms with E-state index in [1.165, 1.54) is 0 Å². The molecule has 0 aliphatic rings. The number of aromatic nitrogens is 5. The Morgan fingerprint density at radius 1 is 1.04 bits per heavy atom. The average molecular weight is 369 g/mol. The van der Waals surface area contributed by atoms with Gasteiger partial charge in [0.05, 0.1) is 30.0 Å². The number of H-pyrrole nitrogens is 1. The maximum absolute atomic E-state index is 5.51. The van der Waals surface area contributed by atoms with E-state index in [0.717, 1.165) is 45.1 Å². The molecule has 6 nitrogen and oxygen atoms in total. The van der Waals surface area contributed by atoms with Gasteiger partial charge < -0.3 is 8.98 Å². The summed E-state index contributed by atoms with van der Waals surface area (Å²) in [5, 5.41) is 8.34. The molecule has 0 saturated carbocycles. The molecule has 0 spiro atoms. The third-order valence-corrected chi connectivity index (χ3v) is 4.97. The Balaban J connectivity index is 1.72. The number of nitrogens with one attached hydrogen (secondary N) is 1. The summed E-state index contributed by atoms with van der Waals surface area (Å²) in [5.74, 6) is 1.53. The quantitative estimate of drug-likeness (QED) is 0.484. The van der Waals surface area contributed by atoms with E-state index in [1.807, 2.05) is 43.6 Å². The van der Waals surface area contributed by atoms with Crippen molar-refractivity contribution in [1.82, 2.24) is 24.7 Å². The zero-order chi connectivity index (χ0) is 19.1. The molecule has 0 amide bonds. The van der Waals surface area contributed by atoms with Gasteiger partial charge in [0.25, 0.3) is 0 Å². The fourth-order valence-electron chi connectivity index (χ4n) is 3.53. The molecule has 6 heteroatoms. The minimum atomic E-state index is -0.0649. The zero-order valence-corrected chi connectivity index (χ0v) is 15.6. The van der Waals surface area contributed by atoms with Crippen LogP contribution in [0, 0.1) is 6.92 Å². The summed E-state index contributed by atoms with van der Waals surface area (Å²) in [6.45, 7) is 3.99. The minimum absolute atomic E-state index is 0.0649. The molecule has 138 valence electrons. The molecular formula is C22H19N5O. The predicted octanol–water partition coefficient (Wildman–Crippen LogP) is 5.00. The van der Waals surface area contributed by atoms with E-state index in [9.17, 15) is 0 Å². The van der Waals surface area contributed by atoms with Gasteiger partial charge in [-0.15, -0.1) is 0 Å². The van der Waals surface area contributed by atoms with Gasteiger partial charge in [-0.05, 0) is 38.1 Å². The third-order valence-electron chi connectivity index (χ3n) is 4.97. The topological polar surface area (TPSA) is 72.5 Å². The Kier molecular flexibility index (Phi) is 3.83. The number of hydrogen-bond donors (Lipinski definition) is 1. The van der Waals surface area contributed by atoms with E-state index in [4.69, 9.17) is 9.40 Å². The molecule has 5 rings (SSSR count). The molecule has 5 aromatic rings. The summed E-state index contributed by atoms with van der Waals surface area (Å²) < 4.78 is 7.64. The van der Waals surface area contributed by atoms with Gasteiger partial charge in [-0.25, -0.2) is 9.97 Å². The van der Waals surface area contributed by atoms with Gasteiger partial charge in [0.15, 0.2) is 5.82 Å². The number of imidazole rings is 1. The van der Waals surface area contributed by atoms with Crippen molar-refractivity contribution >= 4 is 11.0 Å². The average Bonchev–Trinajstić information content (AvgIpc) is 3.46. The van der Waals surface area contributed by atoms with Gasteiger partial charge in [-0.1, -0.05) is 30.3 Å². The Morgan fingerprint density at radius 3 is 2.68 bits per heavy atom. The van der Waals surface area contributed by atoms with E-state index in [1.54, 1.807) is 6.26 Å². The number of aromatic amines is 1. The van der Waals surface area contributed by atoms with E-state index >= 15 is 0 Å². The summed E-state index contributed by atoms with van der Waals surface area (Å²) >= 11 is 0. The van der Waals surface area contributed by atoms with Crippen LogP contribution in [0.25, 0.3) is 33.5 Å². The number of rotatable bonds is 4. The van der Waals surface area contributed by atoms with Gasteiger partial charge in [-0.3, -0.25) is 5.10 Å². The first-order valence-corrected chi connectivity index (χ1v) is 9.19. The van der Waals surface area contributed by atoms with Crippen LogP contribution in [0.3, 0.4) is 0 Å². The summed E-state index contributed by atoms with van der Waals surface area (Å²) in [6, 6.07) is 18.3. The molecule has 1 N–H and O–H groups in total. The summed E-state index contributed by atoms with van der Waals surface area (Å²) in [4.78, 5) is 9.27. The van der Waals surface area contributed by atoms with Crippen LogP contribution in [0.4, 0.5) is 0 Å². The van der Waals surface area contributed by atoms with E-state index in [-0.39, 0.29) is 6.04 Å². The minimum Gasteiger partial charge on any atom is -0.464 e. The molecule has 3 heterocycles. The van der Waals surface area contributed by atoms with Gasteiger partial charge >= 0.3 is 0 Å². The van der Waals surface area contributed by atoms with Crippen molar-refractivity contribution in [2.45, 2.75) is 19.9 Å². The number of fused-ring (bicyclic) bond motifs is 1. The second kappa shape index (κ2) is 6.49. The number of aryl methyl sites for hydroxylation is 1. The normalized spacial score (nSPS) is 12.5. The van der Waals surface area contributed by atoms with Crippen LogP contribution in [0.5, 0.6) is 0 Å². The highest BCUT2D eigenvalue weighted by atomic mass is 16.3. The van der Waals surface area contributed by atoms with Gasteiger partial charge in [0.1, 0.15) is 11.4 Å². The Hall–Kier alpha value is -3.67. The lowest BCUT2D eigenvalue weighted by Crippen LogP contribution is -2.09. The maximum Gasteiger partial charge on any atom is 0.173 e. The Morgan fingerprint density at radius 2 is 1.89 bits per heavy atom. The summed E-state index contributed by atoms with van der Waals surface area (Å²) in [5.41, 5.74) is 4.98. The molecule has 0 bridgehead atoms. The standard InChI is InChI=1S/C22H19N5O/c1-14(22-24-15(2)25-26-22)27-13-23-20(16-6-4-3-5-7-16)21(27)18-8-9-19-17(12-18)10-11-28-19/h3-14H,1-2H3,(H,24,25,26)/t14-/m1/s1. The highest BCUT2D eigenvalue weighted by Gasteiger charge is 2.21. The van der Waals surface area contributed by atoms with Crippen molar-refractivity contribution in [2.75, 3.05) is 0 Å². The fourth-order valence-corrected chi connectivity index (χ4v) is 3.53. The van der Waals surface area contributed by atoms with Crippen molar-refractivity contribution in [1.29, 1.82) is 0 Å². The van der Waals surface area contributed by atoms with Crippen molar-refractivity contribution in [3.63, 3.8) is 0 Å². The summed E-state index contributed by atoms with van der Waals surface area (Å²) in [6.07, 6.45) is 3.58. The first kappa shape index (κ1) is 16.5. The maximum atomic E-state index is 5.51. The highest BCUT2D eigenvalue weighted by molar-refractivity contribution is 5.87. The highest BCUT2D eigenvalue weighted by Crippen LogP contribution is 2.35. The van der Waals surface area contributed by atoms with Crippen molar-refractivity contribution in [3.05, 3.63) is 78.8 Å². The fraction of sp³-hybridized carbons (Fsp3) is 0.136. The monoisotopic (exact) mass is 369 g/mol. The van der Waals surface area contributed by atoms with Crippen LogP contribution in [0.2, 0.25) is 0 Å². The third kappa shape index (κ3) is 2.70. The number of furan rings is 1. The molecule has 28 heavy (non-hydrogen) atoms. The van der Waals surface area contributed by atoms with E-state index in [0.29, 0.717) is 0 Å². The van der Waals surface area contributed by atoms with Crippen molar-refractivity contribution in [3.8, 4) is 22.5 Å². The molecule has 0 fully saturated rings. The van der Waals surface area contributed by atoms with E-state index < -0.39 is 0 Å². The first-order valence-electron chi connectivity index (χ1n) is 9.19. The lowest BCUT2D eigenvalue weighted by atomic mass is 10.0. The van der Waals surface area contributed by atoms with Crippen LogP contribution in [0.15, 0.2) is 71.6 Å². The Bertz CT molecular complexity index is 1250. The van der Waals surface area contributed by atoms with E-state index in [2.05, 4.69) is 50.9 Å². The zero-order valence-electron chi connectivity index (χ0n) is 15.6. The lowest BCUT2D eigenvalue weighted by molar-refractivity contribution is 0.606. The van der Waals surface area contributed by atoms with Gasteiger partial charge in [-0.2, -0.15) is 5.10 Å². The second-order valence-electron chi connectivity index (χ2n) is 6.84. The molecule has 3 aromatic heterocycles. The summed E-state index contributed by atoms with van der Waals surface area (Å²) in [7, 11) is 0. The first-order chi connectivity index (χ1) is 13.7. The predicted molar refractivity (Wildman–Crippen MR) is 108 cm³/mol. The SMILES string of the molecule is Cc1nc([C@@H](C)n2cnc(-c3ccccc3)c2-c2ccc3occc3c2)n[nH]1. The second-order valence-corrected chi connectivity index (χ2v) is 6.84. The van der Waals surface area contributed by atoms with Crippen LogP contribution < -0.4 is 0 Å². The smallest absolute Gasteiger partial charge is 0.173 e. The van der Waals surface area contributed by atoms with Crippen LogP contribution in [0.1, 0.15) is 24.6 Å². The molecular weight excluding hydrogens is 350 g/mol.